The molecule has 0 saturated carbocycles. The van der Waals surface area contributed by atoms with Crippen molar-refractivity contribution in [1.82, 2.24) is 9.46 Å². The highest BCUT2D eigenvalue weighted by atomic mass is 32.2. The topological polar surface area (TPSA) is 102 Å². The van der Waals surface area contributed by atoms with Gasteiger partial charge in [0.25, 0.3) is 11.8 Å². The number of hydrogen-bond donors (Lipinski definition) is 1. The van der Waals surface area contributed by atoms with E-state index >= 15 is 0 Å². The molecule has 2 heterocycles. The van der Waals surface area contributed by atoms with Crippen molar-refractivity contribution in [1.29, 1.82) is 0 Å². The number of amides is 1. The summed E-state index contributed by atoms with van der Waals surface area (Å²) in [6.07, 6.45) is 2.79. The number of carbonyl (C=O) groups is 1. The Labute approximate surface area is 158 Å². The van der Waals surface area contributed by atoms with Gasteiger partial charge >= 0.3 is 0 Å². The predicted molar refractivity (Wildman–Crippen MR) is 99.2 cm³/mol. The Bertz CT molecular complexity index is 917. The maximum absolute atomic E-state index is 12.8. The fourth-order valence-corrected chi connectivity index (χ4v) is 4.43. The van der Waals surface area contributed by atoms with E-state index in [9.17, 15) is 13.2 Å². The fourth-order valence-electron chi connectivity index (χ4n) is 2.89. The van der Waals surface area contributed by atoms with E-state index in [2.05, 4.69) is 10.5 Å². The van der Waals surface area contributed by atoms with E-state index in [0.717, 1.165) is 24.8 Å². The van der Waals surface area contributed by atoms with Crippen LogP contribution in [-0.4, -0.2) is 43.5 Å². The molecule has 1 aromatic carbocycles. The van der Waals surface area contributed by atoms with Gasteiger partial charge in [-0.2, -0.15) is 4.31 Å². The Morgan fingerprint density at radius 2 is 1.96 bits per heavy atom. The van der Waals surface area contributed by atoms with Gasteiger partial charge in [-0.15, -0.1) is 0 Å². The van der Waals surface area contributed by atoms with E-state index in [1.807, 2.05) is 0 Å². The summed E-state index contributed by atoms with van der Waals surface area (Å²) in [5, 5.41) is 6.35. The Kier molecular flexibility index (Phi) is 5.81. The van der Waals surface area contributed by atoms with Gasteiger partial charge in [0, 0.05) is 24.8 Å². The third-order valence-corrected chi connectivity index (χ3v) is 6.29. The van der Waals surface area contributed by atoms with Gasteiger partial charge < -0.3 is 14.6 Å². The van der Waals surface area contributed by atoms with Crippen molar-refractivity contribution in [3.8, 4) is 5.88 Å². The number of aromatic nitrogens is 1. The van der Waals surface area contributed by atoms with Crippen LogP contribution in [0.1, 0.15) is 30.6 Å². The summed E-state index contributed by atoms with van der Waals surface area (Å²) >= 11 is 0. The quantitative estimate of drug-likeness (QED) is 0.809. The molecule has 1 aliphatic rings. The number of benzene rings is 1. The molecular weight excluding hydrogens is 370 g/mol. The van der Waals surface area contributed by atoms with Gasteiger partial charge in [-0.1, -0.05) is 12.5 Å². The second kappa shape index (κ2) is 8.10. The molecule has 1 N–H and O–H groups in total. The van der Waals surface area contributed by atoms with Gasteiger partial charge in [-0.3, -0.25) is 4.79 Å². The summed E-state index contributed by atoms with van der Waals surface area (Å²) in [5.41, 5.74) is 1.20. The van der Waals surface area contributed by atoms with Gasteiger partial charge in [-0.05, 0) is 49.5 Å². The minimum atomic E-state index is -3.56. The SMILES string of the molecule is Cc1cc(OCC(=O)Nc2cc(S(=O)(=O)N3CCCCC3)ccc2C)no1. The van der Waals surface area contributed by atoms with Gasteiger partial charge in [-0.25, -0.2) is 8.42 Å². The summed E-state index contributed by atoms with van der Waals surface area (Å²) in [6.45, 7) is 4.33. The Morgan fingerprint density at radius 1 is 1.22 bits per heavy atom. The average Bonchev–Trinajstić information content (AvgIpc) is 3.08. The zero-order valence-electron chi connectivity index (χ0n) is 15.4. The molecule has 0 atom stereocenters. The lowest BCUT2D eigenvalue weighted by Crippen LogP contribution is -2.35. The van der Waals surface area contributed by atoms with Gasteiger partial charge in [0.1, 0.15) is 5.76 Å². The summed E-state index contributed by atoms with van der Waals surface area (Å²) in [5.74, 6) is 0.393. The first kappa shape index (κ1) is 19.4. The molecule has 146 valence electrons. The monoisotopic (exact) mass is 393 g/mol. The first-order valence-electron chi connectivity index (χ1n) is 8.83. The molecule has 1 aliphatic heterocycles. The van der Waals surface area contributed by atoms with E-state index < -0.39 is 15.9 Å². The van der Waals surface area contributed by atoms with Crippen LogP contribution in [-0.2, 0) is 14.8 Å². The Morgan fingerprint density at radius 3 is 2.63 bits per heavy atom. The maximum atomic E-state index is 12.8. The highest BCUT2D eigenvalue weighted by Gasteiger charge is 2.26. The van der Waals surface area contributed by atoms with Crippen molar-refractivity contribution in [3.05, 3.63) is 35.6 Å². The van der Waals surface area contributed by atoms with Crippen molar-refractivity contribution in [2.45, 2.75) is 38.0 Å². The van der Waals surface area contributed by atoms with E-state index in [0.29, 0.717) is 24.5 Å². The van der Waals surface area contributed by atoms with Crippen molar-refractivity contribution in [2.24, 2.45) is 0 Å². The van der Waals surface area contributed by atoms with Crippen molar-refractivity contribution in [3.63, 3.8) is 0 Å². The molecule has 3 rings (SSSR count). The van der Waals surface area contributed by atoms with Crippen LogP contribution in [0.4, 0.5) is 5.69 Å². The zero-order chi connectivity index (χ0) is 19.4. The van der Waals surface area contributed by atoms with E-state index in [1.165, 1.54) is 10.4 Å². The molecule has 0 radical (unpaired) electrons. The molecule has 8 nitrogen and oxygen atoms in total. The number of nitrogens with zero attached hydrogens (tertiary/aromatic N) is 2. The molecular formula is C18H23N3O5S. The lowest BCUT2D eigenvalue weighted by molar-refractivity contribution is -0.118. The van der Waals surface area contributed by atoms with Crippen molar-refractivity contribution < 1.29 is 22.5 Å². The number of carbonyl (C=O) groups excluding carboxylic acids is 1. The standard InChI is InChI=1S/C18H23N3O5S/c1-13-6-7-15(27(23,24)21-8-4-3-5-9-21)11-16(13)19-17(22)12-25-18-10-14(2)26-20-18/h6-7,10-11H,3-5,8-9,12H2,1-2H3,(H,19,22). The van der Waals surface area contributed by atoms with Crippen molar-refractivity contribution in [2.75, 3.05) is 25.0 Å². The third kappa shape index (κ3) is 4.67. The fraction of sp³-hybridized carbons (Fsp3) is 0.444. The average molecular weight is 393 g/mol. The normalized spacial score (nSPS) is 15.5. The number of aryl methyl sites for hydroxylation is 2. The van der Waals surface area contributed by atoms with E-state index in [1.54, 1.807) is 32.0 Å². The minimum Gasteiger partial charge on any atom is -0.465 e. The molecule has 27 heavy (non-hydrogen) atoms. The number of ether oxygens (including phenoxy) is 1. The van der Waals surface area contributed by atoms with Crippen LogP contribution in [0.2, 0.25) is 0 Å². The molecule has 0 unspecified atom stereocenters. The van der Waals surface area contributed by atoms with Crippen LogP contribution in [0.3, 0.4) is 0 Å². The predicted octanol–water partition coefficient (Wildman–Crippen LogP) is 2.48. The highest BCUT2D eigenvalue weighted by molar-refractivity contribution is 7.89. The maximum Gasteiger partial charge on any atom is 0.262 e. The van der Waals surface area contributed by atoms with Gasteiger partial charge in [0.05, 0.1) is 4.90 Å². The number of rotatable bonds is 6. The number of hydrogen-bond acceptors (Lipinski definition) is 6. The van der Waals surface area contributed by atoms with Crippen LogP contribution in [0.5, 0.6) is 5.88 Å². The molecule has 2 aromatic rings. The number of piperidine rings is 1. The first-order valence-corrected chi connectivity index (χ1v) is 10.3. The van der Waals surface area contributed by atoms with E-state index in [4.69, 9.17) is 9.26 Å². The minimum absolute atomic E-state index is 0.179. The number of anilines is 1. The number of sulfonamides is 1. The molecule has 0 aliphatic carbocycles. The van der Waals surface area contributed by atoms with Crippen LogP contribution >= 0.6 is 0 Å². The van der Waals surface area contributed by atoms with Crippen LogP contribution < -0.4 is 10.1 Å². The second-order valence-electron chi connectivity index (χ2n) is 6.55. The summed E-state index contributed by atoms with van der Waals surface area (Å²) < 4.78 is 37.3. The molecule has 1 fully saturated rings. The lowest BCUT2D eigenvalue weighted by atomic mass is 10.2. The smallest absolute Gasteiger partial charge is 0.262 e. The Hall–Kier alpha value is -2.39. The molecule has 1 saturated heterocycles. The summed E-state index contributed by atoms with van der Waals surface area (Å²) in [6, 6.07) is 6.33. The third-order valence-electron chi connectivity index (χ3n) is 4.39. The summed E-state index contributed by atoms with van der Waals surface area (Å²) in [7, 11) is -3.56. The van der Waals surface area contributed by atoms with Crippen molar-refractivity contribution >= 4 is 21.6 Å². The van der Waals surface area contributed by atoms with Gasteiger partial charge in [0.2, 0.25) is 10.0 Å². The molecule has 1 aromatic heterocycles. The lowest BCUT2D eigenvalue weighted by Gasteiger charge is -2.26. The summed E-state index contributed by atoms with van der Waals surface area (Å²) in [4.78, 5) is 12.3. The van der Waals surface area contributed by atoms with Crippen LogP contribution in [0.25, 0.3) is 0 Å². The second-order valence-corrected chi connectivity index (χ2v) is 8.49. The van der Waals surface area contributed by atoms with Crippen LogP contribution in [0, 0.1) is 13.8 Å². The van der Waals surface area contributed by atoms with Crippen LogP contribution in [0.15, 0.2) is 33.7 Å². The molecule has 9 heteroatoms. The zero-order valence-corrected chi connectivity index (χ0v) is 16.2. The number of nitrogens with one attached hydrogen (secondary N) is 1. The molecule has 1 amide bonds. The largest absolute Gasteiger partial charge is 0.465 e. The molecule has 0 bridgehead atoms. The first-order chi connectivity index (χ1) is 12.9. The van der Waals surface area contributed by atoms with E-state index in [-0.39, 0.29) is 17.4 Å². The Balaban J connectivity index is 1.70. The van der Waals surface area contributed by atoms with Gasteiger partial charge in [0.15, 0.2) is 6.61 Å². The molecule has 0 spiro atoms. The highest BCUT2D eigenvalue weighted by Crippen LogP contribution is 2.25.